The largest absolute Gasteiger partial charge is 0.497 e. The topological polar surface area (TPSA) is 35.3 Å². The molecule has 1 aromatic heterocycles. The van der Waals surface area contributed by atoms with Crippen molar-refractivity contribution in [2.45, 2.75) is 26.2 Å². The van der Waals surface area contributed by atoms with Crippen molar-refractivity contribution in [3.8, 4) is 17.1 Å². The lowest BCUT2D eigenvalue weighted by atomic mass is 10.2. The van der Waals surface area contributed by atoms with Crippen molar-refractivity contribution < 1.29 is 9.15 Å². The average molecular weight is 231 g/mol. The summed E-state index contributed by atoms with van der Waals surface area (Å²) in [4.78, 5) is 4.27. The van der Waals surface area contributed by atoms with Crippen LogP contribution in [0.1, 0.15) is 25.7 Å². The number of hydrogen-bond acceptors (Lipinski definition) is 3. The van der Waals surface area contributed by atoms with E-state index in [1.54, 1.807) is 13.3 Å². The number of aromatic nitrogens is 1. The highest BCUT2D eigenvalue weighted by Gasteiger charge is 2.05. The zero-order valence-corrected chi connectivity index (χ0v) is 10.3. The summed E-state index contributed by atoms with van der Waals surface area (Å²) in [5, 5.41) is 0. The molecule has 0 amide bonds. The van der Waals surface area contributed by atoms with Gasteiger partial charge in [0.2, 0.25) is 0 Å². The van der Waals surface area contributed by atoms with E-state index < -0.39 is 0 Å². The SMILES string of the molecule is CCCCc1ncc(-c2ccc(OC)cc2)o1. The first-order chi connectivity index (χ1) is 8.33. The molecule has 2 rings (SSSR count). The molecule has 3 nitrogen and oxygen atoms in total. The Morgan fingerprint density at radius 2 is 2.00 bits per heavy atom. The minimum atomic E-state index is 0.817. The van der Waals surface area contributed by atoms with Gasteiger partial charge in [0.1, 0.15) is 5.75 Å². The Morgan fingerprint density at radius 1 is 1.24 bits per heavy atom. The first-order valence-electron chi connectivity index (χ1n) is 5.92. The lowest BCUT2D eigenvalue weighted by Crippen LogP contribution is -1.82. The quantitative estimate of drug-likeness (QED) is 0.787. The Labute approximate surface area is 101 Å². The molecule has 0 N–H and O–H groups in total. The maximum atomic E-state index is 5.69. The number of aryl methyl sites for hydroxylation is 1. The third-order valence-electron chi connectivity index (χ3n) is 2.67. The van der Waals surface area contributed by atoms with Crippen molar-refractivity contribution in [1.29, 1.82) is 0 Å². The molecule has 0 aliphatic carbocycles. The minimum absolute atomic E-state index is 0.817. The molecule has 0 saturated heterocycles. The molecule has 2 aromatic rings. The van der Waals surface area contributed by atoms with Gasteiger partial charge in [-0.05, 0) is 30.7 Å². The number of rotatable bonds is 5. The van der Waals surface area contributed by atoms with Crippen LogP contribution in [-0.2, 0) is 6.42 Å². The Balaban J connectivity index is 2.12. The van der Waals surface area contributed by atoms with Gasteiger partial charge in [-0.15, -0.1) is 0 Å². The van der Waals surface area contributed by atoms with E-state index in [1.165, 1.54) is 0 Å². The molecule has 0 aliphatic heterocycles. The summed E-state index contributed by atoms with van der Waals surface area (Å²) in [6, 6.07) is 7.79. The van der Waals surface area contributed by atoms with Crippen molar-refractivity contribution in [2.75, 3.05) is 7.11 Å². The second-order valence-corrected chi connectivity index (χ2v) is 3.95. The van der Waals surface area contributed by atoms with Crippen LogP contribution in [0.15, 0.2) is 34.9 Å². The molecule has 0 saturated carbocycles. The fraction of sp³-hybridized carbons (Fsp3) is 0.357. The molecule has 3 heteroatoms. The zero-order chi connectivity index (χ0) is 12.1. The number of nitrogens with zero attached hydrogens (tertiary/aromatic N) is 1. The van der Waals surface area contributed by atoms with Crippen molar-refractivity contribution in [1.82, 2.24) is 4.98 Å². The minimum Gasteiger partial charge on any atom is -0.497 e. The lowest BCUT2D eigenvalue weighted by Gasteiger charge is -2.00. The Bertz CT molecular complexity index is 459. The summed E-state index contributed by atoms with van der Waals surface area (Å²) < 4.78 is 10.8. The summed E-state index contributed by atoms with van der Waals surface area (Å²) in [7, 11) is 1.66. The van der Waals surface area contributed by atoms with Crippen LogP contribution in [0.25, 0.3) is 11.3 Å². The first-order valence-corrected chi connectivity index (χ1v) is 5.92. The molecule has 0 unspecified atom stereocenters. The number of benzene rings is 1. The molecule has 90 valence electrons. The molecule has 0 atom stereocenters. The van der Waals surface area contributed by atoms with E-state index >= 15 is 0 Å². The Kier molecular flexibility index (Phi) is 3.81. The fourth-order valence-electron chi connectivity index (χ4n) is 1.64. The van der Waals surface area contributed by atoms with Crippen LogP contribution in [0.2, 0.25) is 0 Å². The van der Waals surface area contributed by atoms with Crippen molar-refractivity contribution in [3.05, 3.63) is 36.4 Å². The van der Waals surface area contributed by atoms with Gasteiger partial charge in [-0.25, -0.2) is 4.98 Å². The van der Waals surface area contributed by atoms with Gasteiger partial charge in [0.25, 0.3) is 0 Å². The third-order valence-corrected chi connectivity index (χ3v) is 2.67. The lowest BCUT2D eigenvalue weighted by molar-refractivity contribution is 0.415. The van der Waals surface area contributed by atoms with Crippen molar-refractivity contribution in [2.24, 2.45) is 0 Å². The van der Waals surface area contributed by atoms with Crippen LogP contribution in [0, 0.1) is 0 Å². The highest BCUT2D eigenvalue weighted by molar-refractivity contribution is 5.57. The summed E-state index contributed by atoms with van der Waals surface area (Å²) in [5.41, 5.74) is 1.03. The smallest absolute Gasteiger partial charge is 0.194 e. The van der Waals surface area contributed by atoms with Gasteiger partial charge in [0.05, 0.1) is 13.3 Å². The molecule has 0 fully saturated rings. The molecular weight excluding hydrogens is 214 g/mol. The number of oxazole rings is 1. The molecule has 1 aromatic carbocycles. The van der Waals surface area contributed by atoms with Crippen LogP contribution in [0.5, 0.6) is 5.75 Å². The standard InChI is InChI=1S/C14H17NO2/c1-3-4-5-14-15-10-13(17-14)11-6-8-12(16-2)9-7-11/h6-10H,3-5H2,1-2H3. The van der Waals surface area contributed by atoms with Gasteiger partial charge in [-0.3, -0.25) is 0 Å². The van der Waals surface area contributed by atoms with Crippen LogP contribution < -0.4 is 4.74 Å². The first kappa shape index (κ1) is 11.7. The third kappa shape index (κ3) is 2.87. The molecule has 1 heterocycles. The Morgan fingerprint density at radius 3 is 2.65 bits per heavy atom. The molecule has 0 radical (unpaired) electrons. The maximum Gasteiger partial charge on any atom is 0.194 e. The van der Waals surface area contributed by atoms with E-state index in [2.05, 4.69) is 11.9 Å². The predicted molar refractivity (Wildman–Crippen MR) is 67.1 cm³/mol. The molecule has 17 heavy (non-hydrogen) atoms. The second-order valence-electron chi connectivity index (χ2n) is 3.95. The number of hydrogen-bond donors (Lipinski definition) is 0. The van der Waals surface area contributed by atoms with Crippen molar-refractivity contribution >= 4 is 0 Å². The number of ether oxygens (including phenoxy) is 1. The van der Waals surface area contributed by atoms with Gasteiger partial charge < -0.3 is 9.15 Å². The zero-order valence-electron chi connectivity index (χ0n) is 10.3. The van der Waals surface area contributed by atoms with E-state index in [-0.39, 0.29) is 0 Å². The molecule has 0 bridgehead atoms. The van der Waals surface area contributed by atoms with Crippen LogP contribution in [0.4, 0.5) is 0 Å². The van der Waals surface area contributed by atoms with Crippen molar-refractivity contribution in [3.63, 3.8) is 0 Å². The fourth-order valence-corrected chi connectivity index (χ4v) is 1.64. The van der Waals surface area contributed by atoms with Gasteiger partial charge in [0, 0.05) is 12.0 Å². The molecule has 0 spiro atoms. The van der Waals surface area contributed by atoms with E-state index in [0.717, 1.165) is 42.2 Å². The highest BCUT2D eigenvalue weighted by Crippen LogP contribution is 2.23. The molecule has 0 aliphatic rings. The monoisotopic (exact) mass is 231 g/mol. The maximum absolute atomic E-state index is 5.69. The summed E-state index contributed by atoms with van der Waals surface area (Å²) in [6.07, 6.45) is 4.96. The van der Waals surface area contributed by atoms with E-state index in [1.807, 2.05) is 24.3 Å². The van der Waals surface area contributed by atoms with E-state index in [9.17, 15) is 0 Å². The number of methoxy groups -OCH3 is 1. The average Bonchev–Trinajstić information content (AvgIpc) is 2.85. The van der Waals surface area contributed by atoms with Gasteiger partial charge in [0.15, 0.2) is 11.7 Å². The second kappa shape index (κ2) is 5.53. The molecular formula is C14H17NO2. The Hall–Kier alpha value is -1.77. The van der Waals surface area contributed by atoms with Gasteiger partial charge >= 0.3 is 0 Å². The van der Waals surface area contributed by atoms with E-state index in [0.29, 0.717) is 0 Å². The summed E-state index contributed by atoms with van der Waals surface area (Å²) in [6.45, 7) is 2.16. The predicted octanol–water partition coefficient (Wildman–Crippen LogP) is 3.69. The van der Waals surface area contributed by atoms with Gasteiger partial charge in [-0.2, -0.15) is 0 Å². The van der Waals surface area contributed by atoms with E-state index in [4.69, 9.17) is 9.15 Å². The normalized spacial score (nSPS) is 10.5. The van der Waals surface area contributed by atoms with Crippen LogP contribution in [-0.4, -0.2) is 12.1 Å². The number of unbranched alkanes of at least 4 members (excludes halogenated alkanes) is 1. The highest BCUT2D eigenvalue weighted by atomic mass is 16.5. The van der Waals surface area contributed by atoms with Gasteiger partial charge in [-0.1, -0.05) is 13.3 Å². The summed E-state index contributed by atoms with van der Waals surface area (Å²) in [5.74, 6) is 2.48. The van der Waals surface area contributed by atoms with Crippen LogP contribution >= 0.6 is 0 Å². The summed E-state index contributed by atoms with van der Waals surface area (Å²) >= 11 is 0. The van der Waals surface area contributed by atoms with Crippen LogP contribution in [0.3, 0.4) is 0 Å².